The summed E-state index contributed by atoms with van der Waals surface area (Å²) in [5, 5.41) is 1.93. The minimum atomic E-state index is -4.40. The molecule has 1 amide bonds. The molecule has 0 aliphatic heterocycles. The second-order valence-electron chi connectivity index (χ2n) is 4.19. The van der Waals surface area contributed by atoms with Crippen LogP contribution in [0.25, 0.3) is 0 Å². The number of alkyl halides is 4. The van der Waals surface area contributed by atoms with Crippen LogP contribution in [0.3, 0.4) is 0 Å². The number of hydrogen-bond acceptors (Lipinski definition) is 3. The average Bonchev–Trinajstić information content (AvgIpc) is 2.43. The van der Waals surface area contributed by atoms with Crippen LogP contribution in [0.1, 0.15) is 12.0 Å². The third-order valence-electron chi connectivity index (χ3n) is 2.39. The topological polar surface area (TPSA) is 55.4 Å². The van der Waals surface area contributed by atoms with Crippen molar-refractivity contribution in [1.82, 2.24) is 5.32 Å². The maximum Gasteiger partial charge on any atom is 0.407 e. The van der Waals surface area contributed by atoms with Crippen LogP contribution >= 0.6 is 0 Å². The van der Waals surface area contributed by atoms with E-state index in [-0.39, 0.29) is 6.61 Å². The van der Waals surface area contributed by atoms with E-state index in [2.05, 4.69) is 0 Å². The van der Waals surface area contributed by atoms with Gasteiger partial charge in [-0.05, 0) is 5.56 Å². The molecule has 0 atom stereocenters. The van der Waals surface area contributed by atoms with Crippen molar-refractivity contribution in [3.8, 4) is 0 Å². The SMILES string of the molecule is O=C(CNC(=O)OCc1ccccc1)CC(F)(F)C(F)F. The highest BCUT2D eigenvalue weighted by Crippen LogP contribution is 2.26. The summed E-state index contributed by atoms with van der Waals surface area (Å²) < 4.78 is 53.6. The van der Waals surface area contributed by atoms with E-state index in [9.17, 15) is 27.2 Å². The Morgan fingerprint density at radius 3 is 2.38 bits per heavy atom. The molecule has 1 aromatic rings. The Bertz CT molecular complexity index is 480. The number of Topliss-reactive ketones (excluding diaryl/α,β-unsaturated/α-hetero) is 1. The van der Waals surface area contributed by atoms with Gasteiger partial charge in [0.15, 0.2) is 5.78 Å². The first kappa shape index (κ1) is 16.9. The standard InChI is InChI=1S/C13H13F4NO3/c14-11(15)13(16,17)6-10(19)7-18-12(20)21-8-9-4-2-1-3-5-9/h1-5,11H,6-8H2,(H,18,20). The zero-order valence-corrected chi connectivity index (χ0v) is 10.8. The van der Waals surface area contributed by atoms with E-state index in [1.54, 1.807) is 30.3 Å². The summed E-state index contributed by atoms with van der Waals surface area (Å²) in [5.41, 5.74) is 0.697. The summed E-state index contributed by atoms with van der Waals surface area (Å²) in [6.07, 6.45) is -6.55. The summed E-state index contributed by atoms with van der Waals surface area (Å²) >= 11 is 0. The summed E-state index contributed by atoms with van der Waals surface area (Å²) in [6, 6.07) is 8.62. The summed E-state index contributed by atoms with van der Waals surface area (Å²) in [7, 11) is 0. The Labute approximate surface area is 118 Å². The molecule has 1 aromatic carbocycles. The van der Waals surface area contributed by atoms with Crippen molar-refractivity contribution in [1.29, 1.82) is 0 Å². The van der Waals surface area contributed by atoms with Gasteiger partial charge >= 0.3 is 18.4 Å². The Kier molecular flexibility index (Phi) is 6.13. The molecule has 0 fully saturated rings. The third-order valence-corrected chi connectivity index (χ3v) is 2.39. The van der Waals surface area contributed by atoms with Crippen LogP contribution in [0.2, 0.25) is 0 Å². The number of hydrogen-bond donors (Lipinski definition) is 1. The minimum Gasteiger partial charge on any atom is -0.445 e. The van der Waals surface area contributed by atoms with Gasteiger partial charge in [-0.1, -0.05) is 30.3 Å². The molecule has 0 saturated carbocycles. The van der Waals surface area contributed by atoms with Gasteiger partial charge in [0.25, 0.3) is 0 Å². The van der Waals surface area contributed by atoms with E-state index >= 15 is 0 Å². The van der Waals surface area contributed by atoms with Crippen LogP contribution < -0.4 is 5.32 Å². The van der Waals surface area contributed by atoms with Crippen molar-refractivity contribution in [2.24, 2.45) is 0 Å². The molecule has 1 rings (SSSR count). The number of ether oxygens (including phenoxy) is 1. The average molecular weight is 307 g/mol. The van der Waals surface area contributed by atoms with Gasteiger partial charge in [-0.3, -0.25) is 4.79 Å². The number of carbonyl (C=O) groups is 2. The van der Waals surface area contributed by atoms with Gasteiger partial charge in [0, 0.05) is 0 Å². The largest absolute Gasteiger partial charge is 0.445 e. The fourth-order valence-corrected chi connectivity index (χ4v) is 1.35. The van der Waals surface area contributed by atoms with Crippen molar-refractivity contribution < 1.29 is 31.9 Å². The van der Waals surface area contributed by atoms with E-state index in [0.29, 0.717) is 5.56 Å². The highest BCUT2D eigenvalue weighted by Gasteiger charge is 2.42. The number of nitrogens with one attached hydrogen (secondary N) is 1. The van der Waals surface area contributed by atoms with Crippen LogP contribution in [0, 0.1) is 0 Å². The van der Waals surface area contributed by atoms with Crippen LogP contribution in [-0.2, 0) is 16.1 Å². The van der Waals surface area contributed by atoms with Gasteiger partial charge in [0.1, 0.15) is 6.61 Å². The van der Waals surface area contributed by atoms with Crippen molar-refractivity contribution in [3.05, 3.63) is 35.9 Å². The number of ketones is 1. The van der Waals surface area contributed by atoms with E-state index in [0.717, 1.165) is 0 Å². The normalized spacial score (nSPS) is 11.3. The van der Waals surface area contributed by atoms with Crippen LogP contribution in [0.5, 0.6) is 0 Å². The number of amides is 1. The van der Waals surface area contributed by atoms with Gasteiger partial charge in [-0.2, -0.15) is 8.78 Å². The number of halogens is 4. The Hall–Kier alpha value is -2.12. The molecule has 116 valence electrons. The fraction of sp³-hybridized carbons (Fsp3) is 0.385. The van der Waals surface area contributed by atoms with E-state index in [1.807, 2.05) is 5.32 Å². The highest BCUT2D eigenvalue weighted by atomic mass is 19.3. The summed E-state index contributed by atoms with van der Waals surface area (Å²) in [4.78, 5) is 22.3. The predicted octanol–water partition coefficient (Wildman–Crippen LogP) is 2.77. The fourth-order valence-electron chi connectivity index (χ4n) is 1.35. The first-order valence-corrected chi connectivity index (χ1v) is 5.93. The molecule has 0 heterocycles. The van der Waals surface area contributed by atoms with E-state index < -0.39 is 37.2 Å². The number of carbonyl (C=O) groups excluding carboxylic acids is 2. The Balaban J connectivity index is 2.28. The van der Waals surface area contributed by atoms with E-state index in [4.69, 9.17) is 4.74 Å². The highest BCUT2D eigenvalue weighted by molar-refractivity contribution is 5.84. The van der Waals surface area contributed by atoms with Crippen LogP contribution in [-0.4, -0.2) is 30.8 Å². The van der Waals surface area contributed by atoms with Gasteiger partial charge in [-0.15, -0.1) is 0 Å². The number of rotatable bonds is 7. The number of alkyl carbamates (subject to hydrolysis) is 1. The lowest BCUT2D eigenvalue weighted by molar-refractivity contribution is -0.149. The molecule has 0 radical (unpaired) electrons. The zero-order valence-electron chi connectivity index (χ0n) is 10.8. The van der Waals surface area contributed by atoms with Gasteiger partial charge in [-0.25, -0.2) is 13.6 Å². The summed E-state index contributed by atoms with van der Waals surface area (Å²) in [6.45, 7) is -0.857. The number of benzene rings is 1. The smallest absolute Gasteiger partial charge is 0.407 e. The molecule has 21 heavy (non-hydrogen) atoms. The molecular weight excluding hydrogens is 294 g/mol. The molecule has 0 spiro atoms. The lowest BCUT2D eigenvalue weighted by Crippen LogP contribution is -2.36. The molecule has 0 saturated heterocycles. The second kappa shape index (κ2) is 7.61. The molecule has 0 bridgehead atoms. The zero-order chi connectivity index (χ0) is 15.9. The molecular formula is C13H13F4NO3. The lowest BCUT2D eigenvalue weighted by Gasteiger charge is -2.14. The van der Waals surface area contributed by atoms with Crippen molar-refractivity contribution in [3.63, 3.8) is 0 Å². The minimum absolute atomic E-state index is 0.0615. The lowest BCUT2D eigenvalue weighted by atomic mass is 10.2. The second-order valence-corrected chi connectivity index (χ2v) is 4.19. The maximum atomic E-state index is 12.6. The molecule has 0 aliphatic carbocycles. The molecule has 8 heteroatoms. The molecule has 0 aliphatic rings. The van der Waals surface area contributed by atoms with Gasteiger partial charge in [0.05, 0.1) is 13.0 Å². The Morgan fingerprint density at radius 2 is 1.81 bits per heavy atom. The van der Waals surface area contributed by atoms with Crippen molar-refractivity contribution in [2.75, 3.05) is 6.54 Å². The molecule has 0 aromatic heterocycles. The molecule has 1 N–H and O–H groups in total. The van der Waals surface area contributed by atoms with Crippen molar-refractivity contribution >= 4 is 11.9 Å². The van der Waals surface area contributed by atoms with Crippen molar-refractivity contribution in [2.45, 2.75) is 25.4 Å². The maximum absolute atomic E-state index is 12.6. The molecule has 0 unspecified atom stereocenters. The van der Waals surface area contributed by atoms with Crippen LogP contribution in [0.4, 0.5) is 22.4 Å². The quantitative estimate of drug-likeness (QED) is 0.788. The monoisotopic (exact) mass is 307 g/mol. The van der Waals surface area contributed by atoms with Gasteiger partial charge in [0.2, 0.25) is 0 Å². The first-order valence-electron chi connectivity index (χ1n) is 5.93. The van der Waals surface area contributed by atoms with E-state index in [1.165, 1.54) is 0 Å². The third kappa shape index (κ3) is 6.24. The molecule has 4 nitrogen and oxygen atoms in total. The predicted molar refractivity (Wildman–Crippen MR) is 65.2 cm³/mol. The van der Waals surface area contributed by atoms with Gasteiger partial charge < -0.3 is 10.1 Å². The Morgan fingerprint density at radius 1 is 1.19 bits per heavy atom. The summed E-state index contributed by atoms with van der Waals surface area (Å²) in [5.74, 6) is -5.61. The van der Waals surface area contributed by atoms with Crippen LogP contribution in [0.15, 0.2) is 30.3 Å². The first-order chi connectivity index (χ1) is 9.81.